The maximum Gasteiger partial charge on any atom is 0.364 e. The molecule has 1 aliphatic rings. The van der Waals surface area contributed by atoms with E-state index in [2.05, 4.69) is 5.16 Å². The van der Waals surface area contributed by atoms with Crippen LogP contribution in [0.2, 0.25) is 0 Å². The lowest BCUT2D eigenvalue weighted by Crippen LogP contribution is -2.27. The topological polar surface area (TPSA) is 65.0 Å². The van der Waals surface area contributed by atoms with Crippen molar-refractivity contribution in [1.29, 1.82) is 0 Å². The van der Waals surface area contributed by atoms with Crippen molar-refractivity contribution in [3.05, 3.63) is 0 Å². The third kappa shape index (κ3) is 4.64. The molecule has 1 aliphatic carbocycles. The van der Waals surface area contributed by atoms with Gasteiger partial charge in [-0.3, -0.25) is 4.79 Å². The van der Waals surface area contributed by atoms with E-state index in [4.69, 9.17) is 21.2 Å². The van der Waals surface area contributed by atoms with E-state index >= 15 is 0 Å². The number of ether oxygens (including phenoxy) is 1. The zero-order valence-corrected chi connectivity index (χ0v) is 11.4. The van der Waals surface area contributed by atoms with Crippen molar-refractivity contribution in [2.75, 3.05) is 6.61 Å². The second-order valence-corrected chi connectivity index (χ2v) is 4.81. The first-order valence-corrected chi connectivity index (χ1v) is 6.54. The molecule has 0 aromatic rings. The number of alkyl halides is 1. The van der Waals surface area contributed by atoms with Crippen LogP contribution < -0.4 is 0 Å². The van der Waals surface area contributed by atoms with Gasteiger partial charge in [-0.2, -0.15) is 0 Å². The molecular weight excluding hydrogens is 258 g/mol. The SMILES string of the molecule is CCOC(=O)C(=NOC1CCC(Cl)CC1)C(C)=O. The zero-order valence-electron chi connectivity index (χ0n) is 10.6. The summed E-state index contributed by atoms with van der Waals surface area (Å²) in [5.41, 5.74) is -0.287. The van der Waals surface area contributed by atoms with E-state index < -0.39 is 11.8 Å². The summed E-state index contributed by atoms with van der Waals surface area (Å²) in [5, 5.41) is 3.83. The Labute approximate surface area is 111 Å². The number of ketones is 1. The molecule has 0 heterocycles. The first-order chi connectivity index (χ1) is 8.54. The molecule has 0 amide bonds. The highest BCUT2D eigenvalue weighted by Crippen LogP contribution is 2.24. The van der Waals surface area contributed by atoms with Crippen LogP contribution in [0.25, 0.3) is 0 Å². The average molecular weight is 276 g/mol. The van der Waals surface area contributed by atoms with Crippen LogP contribution in [0.3, 0.4) is 0 Å². The van der Waals surface area contributed by atoms with Crippen molar-refractivity contribution >= 4 is 29.1 Å². The van der Waals surface area contributed by atoms with Gasteiger partial charge in [-0.05, 0) is 32.6 Å². The summed E-state index contributed by atoms with van der Waals surface area (Å²) in [6, 6.07) is 0. The second-order valence-electron chi connectivity index (χ2n) is 4.20. The van der Waals surface area contributed by atoms with E-state index in [9.17, 15) is 9.59 Å². The standard InChI is InChI=1S/C12H18ClNO4/c1-3-17-12(16)11(8(2)15)14-18-10-6-4-9(13)5-7-10/h9-10H,3-7H2,1-2H3. The Balaban J connectivity index is 2.55. The largest absolute Gasteiger partial charge is 0.461 e. The predicted molar refractivity (Wildman–Crippen MR) is 67.7 cm³/mol. The molecule has 0 bridgehead atoms. The Kier molecular flexibility index (Phi) is 6.12. The molecule has 0 spiro atoms. The lowest BCUT2D eigenvalue weighted by Gasteiger charge is -2.23. The van der Waals surface area contributed by atoms with Crippen LogP contribution in [0.1, 0.15) is 39.5 Å². The first-order valence-electron chi connectivity index (χ1n) is 6.10. The lowest BCUT2D eigenvalue weighted by atomic mass is 9.97. The van der Waals surface area contributed by atoms with E-state index in [0.29, 0.717) is 0 Å². The highest BCUT2D eigenvalue weighted by atomic mass is 35.5. The quantitative estimate of drug-likeness (QED) is 0.253. The van der Waals surface area contributed by atoms with Crippen LogP contribution in [0.15, 0.2) is 5.16 Å². The molecule has 102 valence electrons. The molecule has 0 aliphatic heterocycles. The van der Waals surface area contributed by atoms with Gasteiger partial charge < -0.3 is 9.57 Å². The van der Waals surface area contributed by atoms with Crippen molar-refractivity contribution in [2.45, 2.75) is 51.0 Å². The van der Waals surface area contributed by atoms with Gasteiger partial charge in [-0.1, -0.05) is 5.16 Å². The summed E-state index contributed by atoms with van der Waals surface area (Å²) in [4.78, 5) is 27.9. The fourth-order valence-corrected chi connectivity index (χ4v) is 1.95. The Bertz CT molecular complexity index is 335. The van der Waals surface area contributed by atoms with Crippen molar-refractivity contribution in [3.8, 4) is 0 Å². The Hall–Kier alpha value is -1.10. The smallest absolute Gasteiger partial charge is 0.364 e. The highest BCUT2D eigenvalue weighted by Gasteiger charge is 2.23. The number of hydrogen-bond donors (Lipinski definition) is 0. The predicted octanol–water partition coefficient (Wildman–Crippen LogP) is 2.06. The molecule has 6 heteroatoms. The Morgan fingerprint density at radius 3 is 2.39 bits per heavy atom. The van der Waals surface area contributed by atoms with Crippen LogP contribution >= 0.6 is 11.6 Å². The Morgan fingerprint density at radius 1 is 1.28 bits per heavy atom. The zero-order chi connectivity index (χ0) is 13.5. The number of carbonyl (C=O) groups excluding carboxylic acids is 2. The number of Topliss-reactive ketones (excluding diaryl/α,β-unsaturated/α-hetero) is 1. The molecule has 18 heavy (non-hydrogen) atoms. The number of oxime groups is 1. The molecule has 0 aromatic carbocycles. The van der Waals surface area contributed by atoms with Gasteiger partial charge in [0.15, 0.2) is 5.78 Å². The summed E-state index contributed by atoms with van der Waals surface area (Å²) in [6.07, 6.45) is 3.20. The van der Waals surface area contributed by atoms with E-state index in [1.165, 1.54) is 6.92 Å². The summed E-state index contributed by atoms with van der Waals surface area (Å²) >= 11 is 5.97. The van der Waals surface area contributed by atoms with Gasteiger partial charge >= 0.3 is 5.97 Å². The van der Waals surface area contributed by atoms with E-state index in [1.807, 2.05) is 0 Å². The van der Waals surface area contributed by atoms with Crippen molar-refractivity contribution < 1.29 is 19.2 Å². The normalized spacial score (nSPS) is 24.5. The molecule has 1 fully saturated rings. The van der Waals surface area contributed by atoms with Crippen LogP contribution in [-0.2, 0) is 19.2 Å². The minimum atomic E-state index is -0.740. The summed E-state index contributed by atoms with van der Waals surface area (Å²) < 4.78 is 4.73. The monoisotopic (exact) mass is 275 g/mol. The lowest BCUT2D eigenvalue weighted by molar-refractivity contribution is -0.136. The molecule has 0 radical (unpaired) electrons. The fraction of sp³-hybridized carbons (Fsp3) is 0.750. The van der Waals surface area contributed by atoms with Crippen LogP contribution in [0.4, 0.5) is 0 Å². The maximum absolute atomic E-state index is 11.4. The average Bonchev–Trinajstić information content (AvgIpc) is 2.31. The van der Waals surface area contributed by atoms with E-state index in [0.717, 1.165) is 25.7 Å². The first kappa shape index (κ1) is 15.0. The van der Waals surface area contributed by atoms with Crippen LogP contribution in [0, 0.1) is 0 Å². The van der Waals surface area contributed by atoms with Crippen molar-refractivity contribution in [1.82, 2.24) is 0 Å². The Morgan fingerprint density at radius 2 is 1.89 bits per heavy atom. The molecular formula is C12H18ClNO4. The fourth-order valence-electron chi connectivity index (χ4n) is 1.70. The molecule has 0 unspecified atom stereocenters. The number of hydrogen-bond acceptors (Lipinski definition) is 5. The summed E-state index contributed by atoms with van der Waals surface area (Å²) in [7, 11) is 0. The molecule has 1 rings (SSSR count). The molecule has 5 nitrogen and oxygen atoms in total. The van der Waals surface area contributed by atoms with Crippen LogP contribution in [-0.4, -0.2) is 35.6 Å². The molecule has 1 saturated carbocycles. The summed E-state index contributed by atoms with van der Waals surface area (Å²) in [6.45, 7) is 3.12. The summed E-state index contributed by atoms with van der Waals surface area (Å²) in [5.74, 6) is -1.20. The second kappa shape index (κ2) is 7.36. The van der Waals surface area contributed by atoms with Gasteiger partial charge in [0.2, 0.25) is 5.71 Å². The number of halogens is 1. The van der Waals surface area contributed by atoms with Gasteiger partial charge in [-0.15, -0.1) is 11.6 Å². The van der Waals surface area contributed by atoms with Gasteiger partial charge in [0, 0.05) is 12.3 Å². The minimum absolute atomic E-state index is 0.0798. The molecule has 0 saturated heterocycles. The molecule has 0 atom stereocenters. The number of rotatable bonds is 5. The number of carbonyl (C=O) groups is 2. The highest BCUT2D eigenvalue weighted by molar-refractivity contribution is 6.63. The van der Waals surface area contributed by atoms with E-state index in [1.54, 1.807) is 6.92 Å². The van der Waals surface area contributed by atoms with Gasteiger partial charge in [0.25, 0.3) is 0 Å². The van der Waals surface area contributed by atoms with Gasteiger partial charge in [0.05, 0.1) is 6.61 Å². The van der Waals surface area contributed by atoms with Crippen molar-refractivity contribution in [3.63, 3.8) is 0 Å². The van der Waals surface area contributed by atoms with Gasteiger partial charge in [0.1, 0.15) is 6.10 Å². The van der Waals surface area contributed by atoms with Crippen molar-refractivity contribution in [2.24, 2.45) is 5.16 Å². The third-order valence-electron chi connectivity index (χ3n) is 2.70. The minimum Gasteiger partial charge on any atom is -0.461 e. The molecule has 0 aromatic heterocycles. The third-order valence-corrected chi connectivity index (χ3v) is 3.14. The van der Waals surface area contributed by atoms with E-state index in [-0.39, 0.29) is 23.8 Å². The molecule has 0 N–H and O–H groups in total. The van der Waals surface area contributed by atoms with Crippen LogP contribution in [0.5, 0.6) is 0 Å². The maximum atomic E-state index is 11.4. The number of esters is 1. The van der Waals surface area contributed by atoms with Gasteiger partial charge in [-0.25, -0.2) is 4.79 Å². The number of nitrogens with zero attached hydrogens (tertiary/aromatic N) is 1.